The lowest BCUT2D eigenvalue weighted by molar-refractivity contribution is 0.0842. The smallest absolute Gasteiger partial charge is 0.269 e. The molecule has 2 aromatic heterocycles. The normalized spacial score (nSPS) is 11.1. The number of hydrogen-bond acceptors (Lipinski definition) is 3. The van der Waals surface area contributed by atoms with Crippen molar-refractivity contribution in [3.8, 4) is 5.75 Å². The van der Waals surface area contributed by atoms with E-state index >= 15 is 0 Å². The molecule has 4 heteroatoms. The van der Waals surface area contributed by atoms with Crippen molar-refractivity contribution < 1.29 is 9.53 Å². The minimum atomic E-state index is -0.0882. The first-order chi connectivity index (χ1) is 12.2. The first kappa shape index (κ1) is 15.4. The minimum absolute atomic E-state index is 0.0331. The molecule has 0 aliphatic carbocycles. The Morgan fingerprint density at radius 3 is 2.72 bits per heavy atom. The fourth-order valence-electron chi connectivity index (χ4n) is 3.25. The fourth-order valence-corrected chi connectivity index (χ4v) is 3.25. The second kappa shape index (κ2) is 6.06. The van der Waals surface area contributed by atoms with E-state index in [0.717, 1.165) is 33.1 Å². The Bertz CT molecular complexity index is 1090. The van der Waals surface area contributed by atoms with Crippen LogP contribution < -0.4 is 4.74 Å². The predicted octanol–water partition coefficient (Wildman–Crippen LogP) is 4.53. The van der Waals surface area contributed by atoms with E-state index in [9.17, 15) is 4.79 Å². The zero-order valence-corrected chi connectivity index (χ0v) is 14.2. The highest BCUT2D eigenvalue weighted by atomic mass is 16.5. The number of benzene rings is 2. The summed E-state index contributed by atoms with van der Waals surface area (Å²) in [5, 5.41) is 2.09. The van der Waals surface area contributed by atoms with Gasteiger partial charge in [-0.05, 0) is 37.6 Å². The molecule has 0 aliphatic heterocycles. The van der Waals surface area contributed by atoms with Crippen molar-refractivity contribution in [3.63, 3.8) is 0 Å². The average molecular weight is 330 g/mol. The van der Waals surface area contributed by atoms with Crippen molar-refractivity contribution in [1.82, 2.24) is 9.55 Å². The summed E-state index contributed by atoms with van der Waals surface area (Å²) in [5.74, 6) is 0.534. The molecule has 2 heterocycles. The molecule has 0 radical (unpaired) electrons. The molecule has 4 rings (SSSR count). The zero-order valence-electron chi connectivity index (χ0n) is 14.2. The van der Waals surface area contributed by atoms with Gasteiger partial charge in [-0.15, -0.1) is 0 Å². The molecular weight excluding hydrogens is 312 g/mol. The molecule has 0 amide bonds. The van der Waals surface area contributed by atoms with E-state index in [1.54, 1.807) is 10.8 Å². The molecule has 4 aromatic rings. The molecule has 4 nitrogen and oxygen atoms in total. The van der Waals surface area contributed by atoms with Crippen LogP contribution in [0.25, 0.3) is 21.8 Å². The summed E-state index contributed by atoms with van der Waals surface area (Å²) in [5.41, 5.74) is 3.76. The summed E-state index contributed by atoms with van der Waals surface area (Å²) >= 11 is 0. The monoisotopic (exact) mass is 330 g/mol. The van der Waals surface area contributed by atoms with Crippen molar-refractivity contribution in [2.24, 2.45) is 0 Å². The Labute approximate surface area is 145 Å². The van der Waals surface area contributed by atoms with Gasteiger partial charge in [0.05, 0.1) is 5.52 Å². The number of ether oxygens (including phenoxy) is 1. The summed E-state index contributed by atoms with van der Waals surface area (Å²) in [7, 11) is 0. The number of rotatable bonds is 3. The second-order valence-corrected chi connectivity index (χ2v) is 6.08. The lowest BCUT2D eigenvalue weighted by Gasteiger charge is -2.10. The van der Waals surface area contributed by atoms with Crippen molar-refractivity contribution in [2.45, 2.75) is 13.8 Å². The van der Waals surface area contributed by atoms with Crippen LogP contribution in [0.2, 0.25) is 0 Å². The van der Waals surface area contributed by atoms with Crippen LogP contribution in [-0.2, 0) is 0 Å². The first-order valence-corrected chi connectivity index (χ1v) is 8.23. The number of carbonyl (C=O) groups excluding carboxylic acids is 1. The molecule has 0 N–H and O–H groups in total. The Balaban J connectivity index is 1.66. The van der Waals surface area contributed by atoms with Crippen LogP contribution >= 0.6 is 0 Å². The van der Waals surface area contributed by atoms with E-state index < -0.39 is 0 Å². The van der Waals surface area contributed by atoms with E-state index in [1.807, 2.05) is 68.4 Å². The van der Waals surface area contributed by atoms with Gasteiger partial charge in [0.25, 0.3) is 5.91 Å². The number of fused-ring (bicyclic) bond motifs is 2. The number of aryl methyl sites for hydroxylation is 1. The molecule has 0 saturated carbocycles. The van der Waals surface area contributed by atoms with Gasteiger partial charge in [0.15, 0.2) is 6.61 Å². The largest absolute Gasteiger partial charge is 0.481 e. The fraction of sp³-hybridized carbons (Fsp3) is 0.143. The maximum Gasteiger partial charge on any atom is 0.269 e. The molecular formula is C21H18N2O2. The van der Waals surface area contributed by atoms with E-state index in [1.165, 1.54) is 0 Å². The maximum atomic E-state index is 12.8. The highest BCUT2D eigenvalue weighted by molar-refractivity contribution is 5.96. The quantitative estimate of drug-likeness (QED) is 0.554. The predicted molar refractivity (Wildman–Crippen MR) is 99.3 cm³/mol. The summed E-state index contributed by atoms with van der Waals surface area (Å²) in [6, 6.07) is 17.5. The van der Waals surface area contributed by atoms with E-state index in [0.29, 0.717) is 5.75 Å². The van der Waals surface area contributed by atoms with E-state index in [4.69, 9.17) is 4.74 Å². The Morgan fingerprint density at radius 2 is 1.84 bits per heavy atom. The molecule has 124 valence electrons. The number of hydrogen-bond donors (Lipinski definition) is 0. The first-order valence-electron chi connectivity index (χ1n) is 8.23. The standard InChI is InChI=1S/C21H18N2O2/c1-14-15(2)23(18-10-4-3-9-17(14)18)20(24)13-25-19-11-5-7-16-8-6-12-22-21(16)19/h3-12H,13H2,1-2H3. The molecule has 0 unspecified atom stereocenters. The molecule has 0 fully saturated rings. The SMILES string of the molecule is Cc1c(C)n(C(=O)COc2cccc3cccnc23)c2ccccc12. The lowest BCUT2D eigenvalue weighted by Crippen LogP contribution is -2.20. The van der Waals surface area contributed by atoms with Gasteiger partial charge in [-0.2, -0.15) is 0 Å². The van der Waals surface area contributed by atoms with Crippen LogP contribution in [0.4, 0.5) is 0 Å². The third kappa shape index (κ3) is 2.56. The molecule has 25 heavy (non-hydrogen) atoms. The van der Waals surface area contributed by atoms with E-state index in [2.05, 4.69) is 4.98 Å². The van der Waals surface area contributed by atoms with Crippen LogP contribution in [0.3, 0.4) is 0 Å². The lowest BCUT2D eigenvalue weighted by atomic mass is 10.2. The number of para-hydroxylation sites is 2. The Morgan fingerprint density at radius 1 is 1.04 bits per heavy atom. The van der Waals surface area contributed by atoms with Gasteiger partial charge in [-0.1, -0.05) is 36.4 Å². The number of nitrogens with zero attached hydrogens (tertiary/aromatic N) is 2. The topological polar surface area (TPSA) is 44.1 Å². The molecule has 0 aliphatic rings. The van der Waals surface area contributed by atoms with Crippen LogP contribution in [0, 0.1) is 13.8 Å². The van der Waals surface area contributed by atoms with Crippen molar-refractivity contribution in [2.75, 3.05) is 6.61 Å². The van der Waals surface area contributed by atoms with Crippen LogP contribution in [0.5, 0.6) is 5.75 Å². The van der Waals surface area contributed by atoms with Crippen molar-refractivity contribution in [1.29, 1.82) is 0 Å². The highest BCUT2D eigenvalue weighted by Crippen LogP contribution is 2.26. The third-order valence-corrected chi connectivity index (χ3v) is 4.62. The van der Waals surface area contributed by atoms with Crippen LogP contribution in [0.15, 0.2) is 60.8 Å². The summed E-state index contributed by atoms with van der Waals surface area (Å²) in [6.45, 7) is 3.97. The Hall–Kier alpha value is -3.14. The van der Waals surface area contributed by atoms with Gasteiger partial charge in [0.1, 0.15) is 11.3 Å². The summed E-state index contributed by atoms with van der Waals surface area (Å²) in [6.07, 6.45) is 1.73. The molecule has 0 atom stereocenters. The summed E-state index contributed by atoms with van der Waals surface area (Å²) < 4.78 is 7.56. The molecule has 0 spiro atoms. The van der Waals surface area contributed by atoms with Gasteiger partial charge in [-0.25, -0.2) is 0 Å². The van der Waals surface area contributed by atoms with E-state index in [-0.39, 0.29) is 12.5 Å². The van der Waals surface area contributed by atoms with Gasteiger partial charge in [0.2, 0.25) is 0 Å². The molecule has 0 bridgehead atoms. The minimum Gasteiger partial charge on any atom is -0.481 e. The average Bonchev–Trinajstić information content (AvgIpc) is 2.91. The van der Waals surface area contributed by atoms with Gasteiger partial charge >= 0.3 is 0 Å². The number of carbonyl (C=O) groups is 1. The van der Waals surface area contributed by atoms with Gasteiger partial charge in [0, 0.05) is 22.7 Å². The van der Waals surface area contributed by atoms with Crippen LogP contribution in [-0.4, -0.2) is 22.1 Å². The molecule has 0 saturated heterocycles. The number of pyridine rings is 1. The zero-order chi connectivity index (χ0) is 17.4. The Kier molecular flexibility index (Phi) is 3.73. The van der Waals surface area contributed by atoms with Crippen molar-refractivity contribution >= 4 is 27.7 Å². The summed E-state index contributed by atoms with van der Waals surface area (Å²) in [4.78, 5) is 17.2. The van der Waals surface area contributed by atoms with Gasteiger partial charge < -0.3 is 4.74 Å². The van der Waals surface area contributed by atoms with Crippen molar-refractivity contribution in [3.05, 3.63) is 72.1 Å². The second-order valence-electron chi connectivity index (χ2n) is 6.08. The number of aromatic nitrogens is 2. The highest BCUT2D eigenvalue weighted by Gasteiger charge is 2.16. The maximum absolute atomic E-state index is 12.8. The van der Waals surface area contributed by atoms with Crippen LogP contribution in [0.1, 0.15) is 16.1 Å². The van der Waals surface area contributed by atoms with Gasteiger partial charge in [-0.3, -0.25) is 14.3 Å². The molecule has 2 aromatic carbocycles. The third-order valence-electron chi connectivity index (χ3n) is 4.62.